The molecule has 1 heterocycles. The van der Waals surface area contributed by atoms with Crippen molar-refractivity contribution in [2.75, 3.05) is 9.80 Å². The summed E-state index contributed by atoms with van der Waals surface area (Å²) < 4.78 is 0. The van der Waals surface area contributed by atoms with Gasteiger partial charge in [-0.1, -0.05) is 194 Å². The van der Waals surface area contributed by atoms with Gasteiger partial charge < -0.3 is 9.80 Å². The van der Waals surface area contributed by atoms with E-state index >= 15 is 0 Å². The number of nitrogens with zero attached hydrogens (tertiary/aromatic N) is 2. The molecular formula is C54H48N2Si. The van der Waals surface area contributed by atoms with Gasteiger partial charge in [-0.3, -0.25) is 0 Å². The minimum absolute atomic E-state index is 0.823. The van der Waals surface area contributed by atoms with E-state index in [1.165, 1.54) is 76.6 Å². The molecule has 0 spiro atoms. The van der Waals surface area contributed by atoms with Crippen molar-refractivity contribution in [1.29, 1.82) is 0 Å². The van der Waals surface area contributed by atoms with Crippen LogP contribution in [0.5, 0.6) is 0 Å². The van der Waals surface area contributed by atoms with E-state index in [-0.39, 0.29) is 0 Å². The Kier molecular flexibility index (Phi) is 10.2. The van der Waals surface area contributed by atoms with Crippen molar-refractivity contribution in [2.45, 2.75) is 40.0 Å². The van der Waals surface area contributed by atoms with Gasteiger partial charge in [-0.25, -0.2) is 0 Å². The van der Waals surface area contributed by atoms with E-state index in [0.29, 0.717) is 0 Å². The highest BCUT2D eigenvalue weighted by Crippen LogP contribution is 2.38. The number of fused-ring (bicyclic) bond motifs is 3. The van der Waals surface area contributed by atoms with Crippen molar-refractivity contribution >= 4 is 40.2 Å². The first-order valence-corrected chi connectivity index (χ1v) is 22.1. The maximum atomic E-state index is 2.58. The van der Waals surface area contributed by atoms with E-state index in [4.69, 9.17) is 0 Å². The molecule has 8 aromatic rings. The van der Waals surface area contributed by atoms with Crippen molar-refractivity contribution in [1.82, 2.24) is 0 Å². The van der Waals surface area contributed by atoms with E-state index in [1.54, 1.807) is 0 Å². The Balaban J connectivity index is 1.29. The Morgan fingerprint density at radius 3 is 0.877 bits per heavy atom. The third-order valence-electron chi connectivity index (χ3n) is 11.7. The number of benzene rings is 8. The summed E-state index contributed by atoms with van der Waals surface area (Å²) in [7, 11) is -2.74. The van der Waals surface area contributed by atoms with Crippen LogP contribution in [0.15, 0.2) is 206 Å². The number of hydrogen-bond donors (Lipinski definition) is 0. The molecule has 57 heavy (non-hydrogen) atoms. The van der Waals surface area contributed by atoms with E-state index in [1.807, 2.05) is 0 Å². The fraction of sp³-hybridized carbons (Fsp3) is 0.111. The van der Waals surface area contributed by atoms with Crippen molar-refractivity contribution in [2.24, 2.45) is 0 Å². The summed E-state index contributed by atoms with van der Waals surface area (Å²) >= 11 is 0. The quantitative estimate of drug-likeness (QED) is 0.115. The Labute approximate surface area is 339 Å². The second-order valence-electron chi connectivity index (χ2n) is 15.5. The lowest BCUT2D eigenvalue weighted by atomic mass is 9.98. The number of aryl methyl sites for hydroxylation is 2. The normalized spacial score (nSPS) is 12.5. The Morgan fingerprint density at radius 1 is 0.333 bits per heavy atom. The van der Waals surface area contributed by atoms with Crippen molar-refractivity contribution in [3.05, 3.63) is 240 Å². The van der Waals surface area contributed by atoms with Crippen LogP contribution >= 0.6 is 0 Å². The van der Waals surface area contributed by atoms with E-state index in [0.717, 1.165) is 26.2 Å². The third kappa shape index (κ3) is 7.12. The maximum Gasteiger partial charge on any atom is 0.180 e. The third-order valence-corrected chi connectivity index (χ3v) is 16.6. The molecule has 1 aliphatic heterocycles. The molecule has 0 N–H and O–H groups in total. The number of hydrogen-bond acceptors (Lipinski definition) is 2. The van der Waals surface area contributed by atoms with Gasteiger partial charge in [-0.2, -0.15) is 0 Å². The molecule has 0 atom stereocenters. The molecule has 3 heteroatoms. The van der Waals surface area contributed by atoms with Gasteiger partial charge in [0.25, 0.3) is 0 Å². The molecule has 1 aliphatic rings. The molecule has 9 rings (SSSR count). The smallest absolute Gasteiger partial charge is 0.180 e. The van der Waals surface area contributed by atoms with Crippen LogP contribution in [-0.4, -0.2) is 8.07 Å². The van der Waals surface area contributed by atoms with Crippen molar-refractivity contribution < 1.29 is 0 Å². The SMILES string of the molecule is Cc1cc2c(cc1N(Cc1ccccc1)Cc1ccccc1)-c1cc(N(Cc3ccccc3)Cc3ccccc3)c(C)cc1[Si]2(c1ccccc1)c1ccccc1. The first-order valence-electron chi connectivity index (χ1n) is 20.1. The molecule has 0 bridgehead atoms. The molecule has 0 aromatic heterocycles. The Hall–Kier alpha value is -6.42. The Morgan fingerprint density at radius 2 is 0.596 bits per heavy atom. The molecule has 8 aromatic carbocycles. The molecule has 0 saturated carbocycles. The zero-order valence-corrected chi connectivity index (χ0v) is 33.9. The van der Waals surface area contributed by atoms with Crippen LogP contribution in [0.1, 0.15) is 33.4 Å². The minimum atomic E-state index is -2.74. The topological polar surface area (TPSA) is 6.48 Å². The second-order valence-corrected chi connectivity index (χ2v) is 19.2. The molecule has 278 valence electrons. The summed E-state index contributed by atoms with van der Waals surface area (Å²) in [5, 5.41) is 5.80. The average molecular weight is 753 g/mol. The fourth-order valence-electron chi connectivity index (χ4n) is 9.12. The van der Waals surface area contributed by atoms with Crippen LogP contribution in [0.3, 0.4) is 0 Å². The lowest BCUT2D eigenvalue weighted by Crippen LogP contribution is -2.72. The van der Waals surface area contributed by atoms with Crippen LogP contribution in [-0.2, 0) is 26.2 Å². The van der Waals surface area contributed by atoms with E-state index in [9.17, 15) is 0 Å². The predicted molar refractivity (Wildman–Crippen MR) is 244 cm³/mol. The van der Waals surface area contributed by atoms with Crippen molar-refractivity contribution in [3.8, 4) is 11.1 Å². The maximum absolute atomic E-state index is 2.74. The molecule has 0 unspecified atom stereocenters. The summed E-state index contributed by atoms with van der Waals surface area (Å²) in [5.74, 6) is 0. The zero-order chi connectivity index (χ0) is 38.6. The zero-order valence-electron chi connectivity index (χ0n) is 32.9. The van der Waals surface area contributed by atoms with Gasteiger partial charge in [0.05, 0.1) is 0 Å². The fourth-order valence-corrected chi connectivity index (χ4v) is 14.5. The van der Waals surface area contributed by atoms with Gasteiger partial charge in [0.15, 0.2) is 8.07 Å². The lowest BCUT2D eigenvalue weighted by Gasteiger charge is -2.33. The molecule has 0 aliphatic carbocycles. The summed E-state index contributed by atoms with van der Waals surface area (Å²) in [6.45, 7) is 7.95. The first-order chi connectivity index (χ1) is 28.1. The summed E-state index contributed by atoms with van der Waals surface area (Å²) in [6, 6.07) is 76.7. The molecular weight excluding hydrogens is 705 g/mol. The monoisotopic (exact) mass is 752 g/mol. The predicted octanol–water partition coefficient (Wildman–Crippen LogP) is 10.1. The average Bonchev–Trinajstić information content (AvgIpc) is 3.53. The van der Waals surface area contributed by atoms with E-state index < -0.39 is 8.07 Å². The highest BCUT2D eigenvalue weighted by molar-refractivity contribution is 7.22. The van der Waals surface area contributed by atoms with Crippen LogP contribution in [0.2, 0.25) is 0 Å². The van der Waals surface area contributed by atoms with E-state index in [2.05, 4.69) is 230 Å². The highest BCUT2D eigenvalue weighted by Gasteiger charge is 2.49. The molecule has 2 nitrogen and oxygen atoms in total. The summed E-state index contributed by atoms with van der Waals surface area (Å²) in [4.78, 5) is 5.16. The molecule has 0 radical (unpaired) electrons. The van der Waals surface area contributed by atoms with Gasteiger partial charge in [-0.05, 0) is 91.2 Å². The first kappa shape index (κ1) is 36.2. The van der Waals surface area contributed by atoms with Gasteiger partial charge in [-0.15, -0.1) is 0 Å². The lowest BCUT2D eigenvalue weighted by molar-refractivity contribution is 0.796. The van der Waals surface area contributed by atoms with Crippen LogP contribution in [0.25, 0.3) is 11.1 Å². The highest BCUT2D eigenvalue weighted by atomic mass is 28.3. The van der Waals surface area contributed by atoms with Gasteiger partial charge in [0, 0.05) is 37.6 Å². The molecule has 0 amide bonds. The second kappa shape index (κ2) is 16.0. The molecule has 0 fully saturated rings. The van der Waals surface area contributed by atoms with Crippen LogP contribution in [0.4, 0.5) is 11.4 Å². The summed E-state index contributed by atoms with van der Waals surface area (Å²) in [6.07, 6.45) is 0. The van der Waals surface area contributed by atoms with Crippen LogP contribution < -0.4 is 30.5 Å². The number of rotatable bonds is 12. The van der Waals surface area contributed by atoms with Crippen LogP contribution in [0, 0.1) is 13.8 Å². The minimum Gasteiger partial charge on any atom is -0.363 e. The molecule has 0 saturated heterocycles. The number of anilines is 2. The Bertz CT molecular complexity index is 2310. The van der Waals surface area contributed by atoms with Gasteiger partial charge in [0.2, 0.25) is 0 Å². The van der Waals surface area contributed by atoms with Gasteiger partial charge in [0.1, 0.15) is 0 Å². The van der Waals surface area contributed by atoms with Gasteiger partial charge >= 0.3 is 0 Å². The summed E-state index contributed by atoms with van der Waals surface area (Å²) in [5.41, 5.74) is 13.1. The largest absolute Gasteiger partial charge is 0.363 e. The van der Waals surface area contributed by atoms with Crippen molar-refractivity contribution in [3.63, 3.8) is 0 Å². The standard InChI is InChI=1S/C54H48N2Si/c1-41-33-53-49(35-51(41)55(37-43-21-9-3-10-22-43)38-44-23-11-4-12-24-44)50-36-52(56(39-45-25-13-5-14-26-45)40-46-27-15-6-16-28-46)42(2)34-54(50)57(53,47-29-17-7-18-30-47)48-31-19-8-20-32-48/h3-36H,37-40H2,1-2H3.